The topological polar surface area (TPSA) is 44.0 Å². The van der Waals surface area contributed by atoms with E-state index in [1.165, 1.54) is 11.1 Å². The predicted octanol–water partition coefficient (Wildman–Crippen LogP) is 1.96. The Morgan fingerprint density at radius 3 is 3.05 bits per heavy atom. The molecule has 1 aliphatic rings. The third-order valence-electron chi connectivity index (χ3n) is 3.75. The van der Waals surface area contributed by atoms with Crippen LogP contribution in [0, 0.1) is 6.92 Å². The fourth-order valence-corrected chi connectivity index (χ4v) is 2.58. The number of benzene rings is 1. The van der Waals surface area contributed by atoms with Gasteiger partial charge in [0.05, 0.1) is 17.9 Å². The van der Waals surface area contributed by atoms with Crippen LogP contribution in [0.4, 0.5) is 0 Å². The number of aromatic nitrogens is 2. The van der Waals surface area contributed by atoms with E-state index >= 15 is 0 Å². The molecular formula is C15H20N4. The normalized spacial score (nSPS) is 20.6. The highest BCUT2D eigenvalue weighted by Crippen LogP contribution is 2.23. The van der Waals surface area contributed by atoms with Crippen molar-refractivity contribution in [3.63, 3.8) is 0 Å². The minimum absolute atomic E-state index is 0.340. The minimum atomic E-state index is 0.340. The lowest BCUT2D eigenvalue weighted by molar-refractivity contribution is 0.195. The lowest BCUT2D eigenvalue weighted by Crippen LogP contribution is -2.44. The summed E-state index contributed by atoms with van der Waals surface area (Å²) in [5.74, 6) is 1.05. The third kappa shape index (κ3) is 2.55. The molecule has 1 atom stereocenters. The van der Waals surface area contributed by atoms with Crippen LogP contribution in [0.15, 0.2) is 30.5 Å². The van der Waals surface area contributed by atoms with Crippen molar-refractivity contribution in [1.82, 2.24) is 20.2 Å². The smallest absolute Gasteiger partial charge is 0.125 e. The summed E-state index contributed by atoms with van der Waals surface area (Å²) in [4.78, 5) is 10.4. The average Bonchev–Trinajstić information content (AvgIpc) is 2.89. The van der Waals surface area contributed by atoms with E-state index in [2.05, 4.69) is 58.4 Å². The van der Waals surface area contributed by atoms with Crippen molar-refractivity contribution < 1.29 is 0 Å². The van der Waals surface area contributed by atoms with E-state index < -0.39 is 0 Å². The maximum atomic E-state index is 4.56. The van der Waals surface area contributed by atoms with Crippen molar-refractivity contribution in [1.29, 1.82) is 0 Å². The lowest BCUT2D eigenvalue weighted by atomic mass is 10.1. The van der Waals surface area contributed by atoms with E-state index in [0.29, 0.717) is 6.04 Å². The van der Waals surface area contributed by atoms with Gasteiger partial charge < -0.3 is 10.3 Å². The lowest BCUT2D eigenvalue weighted by Gasteiger charge is -2.31. The Kier molecular flexibility index (Phi) is 3.36. The second-order valence-corrected chi connectivity index (χ2v) is 5.25. The molecule has 19 heavy (non-hydrogen) atoms. The number of aryl methyl sites for hydroxylation is 1. The van der Waals surface area contributed by atoms with Gasteiger partial charge in [0.25, 0.3) is 0 Å². The summed E-state index contributed by atoms with van der Waals surface area (Å²) < 4.78 is 0. The van der Waals surface area contributed by atoms with Gasteiger partial charge in [0.2, 0.25) is 0 Å². The summed E-state index contributed by atoms with van der Waals surface area (Å²) in [6.45, 7) is 5.18. The Bertz CT molecular complexity index is 561. The highest BCUT2D eigenvalue weighted by Gasteiger charge is 2.22. The van der Waals surface area contributed by atoms with Gasteiger partial charge in [-0.1, -0.05) is 23.8 Å². The second kappa shape index (κ2) is 5.15. The molecule has 1 aromatic heterocycles. The SMILES string of the molecule is Cc1cccc(-c2cnc(C3CNCCN3C)[nH]2)c1. The van der Waals surface area contributed by atoms with Gasteiger partial charge in [-0.25, -0.2) is 4.98 Å². The van der Waals surface area contributed by atoms with E-state index in [1.54, 1.807) is 0 Å². The van der Waals surface area contributed by atoms with Crippen LogP contribution < -0.4 is 5.32 Å². The molecule has 4 heteroatoms. The fraction of sp³-hybridized carbons (Fsp3) is 0.400. The zero-order chi connectivity index (χ0) is 13.2. The number of nitrogens with one attached hydrogen (secondary N) is 2. The number of rotatable bonds is 2. The van der Waals surface area contributed by atoms with Crippen LogP contribution in [-0.2, 0) is 0 Å². The van der Waals surface area contributed by atoms with E-state index in [1.807, 2.05) is 6.20 Å². The number of likely N-dealkylation sites (N-methyl/N-ethyl adjacent to an activating group) is 1. The van der Waals surface area contributed by atoms with Crippen molar-refractivity contribution in [3.05, 3.63) is 41.9 Å². The van der Waals surface area contributed by atoms with Crippen LogP contribution in [0.1, 0.15) is 17.4 Å². The molecule has 1 saturated heterocycles. The molecule has 100 valence electrons. The van der Waals surface area contributed by atoms with Gasteiger partial charge >= 0.3 is 0 Å². The number of aromatic amines is 1. The van der Waals surface area contributed by atoms with Gasteiger partial charge in [-0.3, -0.25) is 4.90 Å². The average molecular weight is 256 g/mol. The number of H-pyrrole nitrogens is 1. The largest absolute Gasteiger partial charge is 0.341 e. The highest BCUT2D eigenvalue weighted by atomic mass is 15.2. The van der Waals surface area contributed by atoms with Crippen molar-refractivity contribution in [2.24, 2.45) is 0 Å². The van der Waals surface area contributed by atoms with Crippen LogP contribution >= 0.6 is 0 Å². The van der Waals surface area contributed by atoms with Crippen molar-refractivity contribution in [2.45, 2.75) is 13.0 Å². The summed E-state index contributed by atoms with van der Waals surface area (Å²) in [6, 6.07) is 8.83. The van der Waals surface area contributed by atoms with Crippen molar-refractivity contribution in [3.8, 4) is 11.3 Å². The molecule has 0 spiro atoms. The van der Waals surface area contributed by atoms with Crippen LogP contribution in [0.25, 0.3) is 11.3 Å². The molecule has 2 N–H and O–H groups in total. The van der Waals surface area contributed by atoms with Gasteiger partial charge in [-0.2, -0.15) is 0 Å². The number of piperazine rings is 1. The van der Waals surface area contributed by atoms with E-state index in [9.17, 15) is 0 Å². The molecule has 0 amide bonds. The minimum Gasteiger partial charge on any atom is -0.341 e. The summed E-state index contributed by atoms with van der Waals surface area (Å²) in [6.07, 6.45) is 1.94. The molecular weight excluding hydrogens is 236 g/mol. The van der Waals surface area contributed by atoms with Gasteiger partial charge in [0.15, 0.2) is 0 Å². The number of imidazole rings is 1. The summed E-state index contributed by atoms with van der Waals surface area (Å²) >= 11 is 0. The number of hydrogen-bond donors (Lipinski definition) is 2. The molecule has 4 nitrogen and oxygen atoms in total. The maximum Gasteiger partial charge on any atom is 0.125 e. The van der Waals surface area contributed by atoms with Gasteiger partial charge in [0, 0.05) is 19.6 Å². The molecule has 2 heterocycles. The predicted molar refractivity (Wildman–Crippen MR) is 77.0 cm³/mol. The standard InChI is InChI=1S/C15H20N4/c1-11-4-3-5-12(8-11)13-9-17-15(18-13)14-10-16-6-7-19(14)2/h3-5,8-9,14,16H,6-7,10H2,1-2H3,(H,17,18). The summed E-state index contributed by atoms with van der Waals surface area (Å²) in [5.41, 5.74) is 3.56. The molecule has 1 unspecified atom stereocenters. The first-order valence-electron chi connectivity index (χ1n) is 6.77. The molecule has 0 saturated carbocycles. The number of nitrogens with zero attached hydrogens (tertiary/aromatic N) is 2. The van der Waals surface area contributed by atoms with Gasteiger partial charge in [-0.05, 0) is 25.6 Å². The first-order valence-corrected chi connectivity index (χ1v) is 6.77. The molecule has 0 radical (unpaired) electrons. The van der Waals surface area contributed by atoms with E-state index in [0.717, 1.165) is 31.2 Å². The molecule has 1 aromatic carbocycles. The zero-order valence-corrected chi connectivity index (χ0v) is 11.5. The van der Waals surface area contributed by atoms with Gasteiger partial charge in [-0.15, -0.1) is 0 Å². The monoisotopic (exact) mass is 256 g/mol. The van der Waals surface area contributed by atoms with Crippen molar-refractivity contribution in [2.75, 3.05) is 26.7 Å². The Balaban J connectivity index is 1.86. The van der Waals surface area contributed by atoms with Crippen LogP contribution in [0.5, 0.6) is 0 Å². The Morgan fingerprint density at radius 2 is 2.26 bits per heavy atom. The first-order chi connectivity index (χ1) is 9.24. The highest BCUT2D eigenvalue weighted by molar-refractivity contribution is 5.59. The molecule has 1 aliphatic heterocycles. The molecule has 3 rings (SSSR count). The quantitative estimate of drug-likeness (QED) is 0.863. The van der Waals surface area contributed by atoms with E-state index in [4.69, 9.17) is 0 Å². The molecule has 0 bridgehead atoms. The third-order valence-corrected chi connectivity index (χ3v) is 3.75. The first kappa shape index (κ1) is 12.4. The zero-order valence-electron chi connectivity index (χ0n) is 11.5. The summed E-state index contributed by atoms with van der Waals surface area (Å²) in [7, 11) is 2.15. The van der Waals surface area contributed by atoms with E-state index in [-0.39, 0.29) is 0 Å². The summed E-state index contributed by atoms with van der Waals surface area (Å²) in [5, 5.41) is 3.42. The number of hydrogen-bond acceptors (Lipinski definition) is 3. The maximum absolute atomic E-state index is 4.56. The van der Waals surface area contributed by atoms with Crippen molar-refractivity contribution >= 4 is 0 Å². The van der Waals surface area contributed by atoms with Crippen LogP contribution in [0.3, 0.4) is 0 Å². The van der Waals surface area contributed by atoms with Crippen LogP contribution in [-0.4, -0.2) is 41.5 Å². The molecule has 2 aromatic rings. The Labute approximate surface area is 113 Å². The Hall–Kier alpha value is -1.65. The Morgan fingerprint density at radius 1 is 1.37 bits per heavy atom. The molecule has 1 fully saturated rings. The second-order valence-electron chi connectivity index (χ2n) is 5.25. The fourth-order valence-electron chi connectivity index (χ4n) is 2.58. The molecule has 0 aliphatic carbocycles. The van der Waals surface area contributed by atoms with Gasteiger partial charge in [0.1, 0.15) is 5.82 Å². The van der Waals surface area contributed by atoms with Crippen LogP contribution in [0.2, 0.25) is 0 Å².